The number of phenolic OH excluding ortho intramolecular Hbond substituents is 1. The minimum Gasteiger partial charge on any atom is -0.668 e. The lowest BCUT2D eigenvalue weighted by Gasteiger charge is -2.28. The summed E-state index contributed by atoms with van der Waals surface area (Å²) in [6.07, 6.45) is 8.53. The Labute approximate surface area is 296 Å². The number of hydrogen-bond acceptors (Lipinski definition) is 7. The molecule has 2 aromatic carbocycles. The van der Waals surface area contributed by atoms with E-state index < -0.39 is 18.3 Å². The van der Waals surface area contributed by atoms with E-state index in [0.29, 0.717) is 50.3 Å². The molecule has 0 aliphatic heterocycles. The van der Waals surface area contributed by atoms with Gasteiger partial charge in [0.15, 0.2) is 11.5 Å². The van der Waals surface area contributed by atoms with E-state index in [4.69, 9.17) is 10.5 Å². The van der Waals surface area contributed by atoms with E-state index in [1.807, 2.05) is 36.4 Å². The van der Waals surface area contributed by atoms with Crippen molar-refractivity contribution in [1.29, 1.82) is 0 Å². The number of rotatable bonds is 15. The molecule has 0 bridgehead atoms. The summed E-state index contributed by atoms with van der Waals surface area (Å²) >= 11 is 0. The Morgan fingerprint density at radius 1 is 1.00 bits per heavy atom. The van der Waals surface area contributed by atoms with Crippen molar-refractivity contribution < 1.29 is 25.2 Å². The van der Waals surface area contributed by atoms with Crippen molar-refractivity contribution in [2.45, 2.75) is 95.4 Å². The molecule has 2 heterocycles. The van der Waals surface area contributed by atoms with Crippen LogP contribution in [-0.4, -0.2) is 50.3 Å². The summed E-state index contributed by atoms with van der Waals surface area (Å²) in [4.78, 5) is 8.55. The van der Waals surface area contributed by atoms with Crippen molar-refractivity contribution in [1.82, 2.24) is 9.97 Å². The fourth-order valence-electron chi connectivity index (χ4n) is 7.15. The van der Waals surface area contributed by atoms with Crippen molar-refractivity contribution in [3.63, 3.8) is 0 Å². The lowest BCUT2D eigenvalue weighted by atomic mass is 9.82. The van der Waals surface area contributed by atoms with Gasteiger partial charge in [-0.05, 0) is 97.7 Å². The monoisotopic (exact) mass is 678 g/mol. The van der Waals surface area contributed by atoms with Crippen LogP contribution in [0.5, 0.6) is 11.5 Å². The third-order valence-electron chi connectivity index (χ3n) is 10.1. The van der Waals surface area contributed by atoms with Crippen molar-refractivity contribution in [2.75, 3.05) is 12.3 Å². The van der Waals surface area contributed by atoms with Crippen LogP contribution in [0.15, 0.2) is 85.2 Å². The molecule has 0 amide bonds. The number of aromatic hydroxyl groups is 1. The Kier molecular flexibility index (Phi) is 13.8. The quantitative estimate of drug-likeness (QED) is 0.0934. The van der Waals surface area contributed by atoms with Crippen molar-refractivity contribution >= 4 is 5.82 Å². The number of aliphatic hydroxyl groups excluding tert-OH is 3. The summed E-state index contributed by atoms with van der Waals surface area (Å²) in [5.41, 5.74) is 10.1. The SMILES string of the molecule is C[C@H](Cc1ccccc1)[C@@H]1C#CC[C@H]([C@H](O)CCc2ccc(O)c(O[C@H](CO)C[C@H](Cc3ccc[n-]3)c3ccnc(N)c3)c2)[C@@H](O)CCCC1. The van der Waals surface area contributed by atoms with Gasteiger partial charge in [-0.1, -0.05) is 74.2 Å². The van der Waals surface area contributed by atoms with Gasteiger partial charge in [-0.15, -0.1) is 5.92 Å². The number of pyridine rings is 1. The molecule has 4 aromatic rings. The van der Waals surface area contributed by atoms with E-state index in [2.05, 4.69) is 53.0 Å². The predicted molar refractivity (Wildman–Crippen MR) is 197 cm³/mol. The second-order valence-corrected chi connectivity index (χ2v) is 13.9. The van der Waals surface area contributed by atoms with Crippen molar-refractivity contribution in [3.8, 4) is 23.3 Å². The highest BCUT2D eigenvalue weighted by Gasteiger charge is 2.28. The minimum atomic E-state index is -0.736. The Bertz CT molecular complexity index is 1650. The van der Waals surface area contributed by atoms with Crippen molar-refractivity contribution in [2.24, 2.45) is 17.8 Å². The number of phenols is 1. The highest BCUT2D eigenvalue weighted by atomic mass is 16.5. The number of aliphatic hydroxyl groups is 3. The summed E-state index contributed by atoms with van der Waals surface area (Å²) in [6, 6.07) is 23.3. The number of anilines is 1. The van der Waals surface area contributed by atoms with Gasteiger partial charge in [0.25, 0.3) is 0 Å². The topological polar surface area (TPSA) is 143 Å². The molecule has 0 spiro atoms. The summed E-state index contributed by atoms with van der Waals surface area (Å²) in [6.45, 7) is 2.02. The zero-order valence-electron chi connectivity index (χ0n) is 29.1. The van der Waals surface area contributed by atoms with E-state index in [9.17, 15) is 20.4 Å². The second kappa shape index (κ2) is 18.6. The molecule has 0 saturated heterocycles. The first-order valence-corrected chi connectivity index (χ1v) is 18.0. The summed E-state index contributed by atoms with van der Waals surface area (Å²) < 4.78 is 6.21. The number of nitrogen functional groups attached to an aromatic ring is 1. The van der Waals surface area contributed by atoms with Crippen LogP contribution in [0.1, 0.15) is 80.2 Å². The average Bonchev–Trinajstić information content (AvgIpc) is 3.64. The average molecular weight is 679 g/mol. The van der Waals surface area contributed by atoms with E-state index in [-0.39, 0.29) is 35.9 Å². The van der Waals surface area contributed by atoms with Crippen LogP contribution in [0.25, 0.3) is 0 Å². The smallest absolute Gasteiger partial charge is 0.161 e. The lowest BCUT2D eigenvalue weighted by Crippen LogP contribution is -2.32. The standard InChI is InChI=1S/C42H52N3O5/c1-29(23-30-9-3-2-4-10-30)32-11-5-6-15-38(47)37(14-7-12-32)39(48)18-16-31-17-19-40(49)41(24-31)50-36(28-46)26-34(25-35-13-8-21-44-35)33-20-22-45-42(43)27-33/h2-4,8-10,13,17,19-22,24,27,29,32,34,36-39,46-49H,5-6,11,14-16,18,23,25-26,28H2,1H3,(H2,43,45)/q-1/t29-,32+,34+,36+,37+,38+,39-/m1/s1. The molecule has 0 saturated carbocycles. The van der Waals surface area contributed by atoms with Crippen LogP contribution in [0.2, 0.25) is 0 Å². The second-order valence-electron chi connectivity index (χ2n) is 13.9. The van der Waals surface area contributed by atoms with E-state index in [1.54, 1.807) is 24.5 Å². The van der Waals surface area contributed by atoms with Crippen molar-refractivity contribution in [3.05, 3.63) is 108 Å². The molecule has 6 N–H and O–H groups in total. The summed E-state index contributed by atoms with van der Waals surface area (Å²) in [7, 11) is 0. The summed E-state index contributed by atoms with van der Waals surface area (Å²) in [5.74, 6) is 7.85. The molecule has 0 unspecified atom stereocenters. The number of benzene rings is 2. The predicted octanol–water partition coefficient (Wildman–Crippen LogP) is 6.22. The third kappa shape index (κ3) is 10.9. The highest BCUT2D eigenvalue weighted by molar-refractivity contribution is 5.42. The third-order valence-corrected chi connectivity index (χ3v) is 10.1. The maximum absolute atomic E-state index is 11.3. The molecule has 2 aromatic heterocycles. The van der Waals surface area contributed by atoms with E-state index in [0.717, 1.165) is 42.5 Å². The van der Waals surface area contributed by atoms with Gasteiger partial charge in [-0.25, -0.2) is 4.98 Å². The summed E-state index contributed by atoms with van der Waals surface area (Å²) in [5, 5.41) is 43.4. The number of aryl methyl sites for hydroxylation is 1. The van der Waals surface area contributed by atoms with E-state index in [1.165, 1.54) is 5.56 Å². The Morgan fingerprint density at radius 3 is 2.58 bits per heavy atom. The lowest BCUT2D eigenvalue weighted by molar-refractivity contribution is 0.00551. The van der Waals surface area contributed by atoms with Gasteiger partial charge in [0, 0.05) is 24.5 Å². The Balaban J connectivity index is 1.21. The largest absolute Gasteiger partial charge is 0.668 e. The van der Waals surface area contributed by atoms with Crippen LogP contribution in [-0.2, 0) is 19.3 Å². The first kappa shape index (κ1) is 37.0. The Hall–Kier alpha value is -4.29. The zero-order valence-corrected chi connectivity index (χ0v) is 29.1. The van der Waals surface area contributed by atoms with Crippen LogP contribution in [0.3, 0.4) is 0 Å². The molecular formula is C42H52N3O5-. The molecular weight excluding hydrogens is 626 g/mol. The minimum absolute atomic E-state index is 0.0239. The van der Waals surface area contributed by atoms with Gasteiger partial charge in [-0.2, -0.15) is 11.9 Å². The number of hydrogen-bond donors (Lipinski definition) is 5. The van der Waals surface area contributed by atoms with Gasteiger partial charge in [-0.3, -0.25) is 0 Å². The van der Waals surface area contributed by atoms with Crippen LogP contribution in [0, 0.1) is 29.6 Å². The van der Waals surface area contributed by atoms with Crippen LogP contribution < -0.4 is 15.5 Å². The molecule has 0 radical (unpaired) electrons. The van der Waals surface area contributed by atoms with Gasteiger partial charge < -0.3 is 35.9 Å². The molecule has 8 heteroatoms. The normalized spacial score (nSPS) is 20.5. The molecule has 8 nitrogen and oxygen atoms in total. The van der Waals surface area contributed by atoms with Gasteiger partial charge in [0.1, 0.15) is 11.9 Å². The molecule has 7 atom stereocenters. The van der Waals surface area contributed by atoms with Gasteiger partial charge in [0.05, 0.1) is 18.8 Å². The first-order valence-electron chi connectivity index (χ1n) is 18.0. The van der Waals surface area contributed by atoms with Crippen LogP contribution in [0.4, 0.5) is 5.82 Å². The number of ether oxygens (including phenoxy) is 1. The fraction of sp³-hybridized carbons (Fsp3) is 0.452. The number of aromatic nitrogens is 2. The van der Waals surface area contributed by atoms with Gasteiger partial charge >= 0.3 is 0 Å². The molecule has 50 heavy (non-hydrogen) atoms. The van der Waals surface area contributed by atoms with E-state index >= 15 is 0 Å². The fourth-order valence-corrected chi connectivity index (χ4v) is 7.15. The maximum atomic E-state index is 11.3. The molecule has 5 rings (SSSR count). The number of nitrogens with zero attached hydrogens (tertiary/aromatic N) is 2. The molecule has 266 valence electrons. The highest BCUT2D eigenvalue weighted by Crippen LogP contribution is 2.33. The molecule has 1 aliphatic rings. The first-order chi connectivity index (χ1) is 24.3. The number of nitrogens with two attached hydrogens (primary N) is 1. The molecule has 0 fully saturated rings. The van der Waals surface area contributed by atoms with Gasteiger partial charge in [0.2, 0.25) is 0 Å². The molecule has 1 aliphatic carbocycles. The Morgan fingerprint density at radius 2 is 1.82 bits per heavy atom. The van der Waals surface area contributed by atoms with Crippen LogP contribution >= 0.6 is 0 Å². The zero-order chi connectivity index (χ0) is 35.3. The maximum Gasteiger partial charge on any atom is 0.161 e.